The number of carbonyl (C=O) groups excluding carboxylic acids is 1. The molecule has 7 nitrogen and oxygen atoms in total. The second kappa shape index (κ2) is 9.58. The van der Waals surface area contributed by atoms with Crippen LogP contribution < -0.4 is 15.0 Å². The fourth-order valence-electron chi connectivity index (χ4n) is 3.34. The SMILES string of the molecule is CCN(Cc1ccc(OC)c(OC)c1)C(=O)CCn1c(=S)[nH]c2ccccc2c1=O. The van der Waals surface area contributed by atoms with Crippen LogP contribution in [0.5, 0.6) is 11.5 Å². The monoisotopic (exact) mass is 427 g/mol. The number of benzene rings is 2. The van der Waals surface area contributed by atoms with E-state index in [1.807, 2.05) is 37.3 Å². The van der Waals surface area contributed by atoms with Crippen molar-refractivity contribution in [3.8, 4) is 11.5 Å². The topological polar surface area (TPSA) is 76.6 Å². The van der Waals surface area contributed by atoms with Gasteiger partial charge in [-0.1, -0.05) is 18.2 Å². The Kier molecular flexibility index (Phi) is 6.89. The summed E-state index contributed by atoms with van der Waals surface area (Å²) < 4.78 is 12.4. The molecule has 0 saturated carbocycles. The van der Waals surface area contributed by atoms with E-state index in [1.165, 1.54) is 4.57 Å². The van der Waals surface area contributed by atoms with Crippen LogP contribution in [0.1, 0.15) is 18.9 Å². The van der Waals surface area contributed by atoms with Gasteiger partial charge in [0.05, 0.1) is 25.1 Å². The summed E-state index contributed by atoms with van der Waals surface area (Å²) in [5.74, 6) is 1.20. The predicted octanol–water partition coefficient (Wildman–Crippen LogP) is 3.52. The van der Waals surface area contributed by atoms with Crippen LogP contribution in [-0.2, 0) is 17.9 Å². The number of methoxy groups -OCH3 is 2. The van der Waals surface area contributed by atoms with Crippen molar-refractivity contribution in [2.75, 3.05) is 20.8 Å². The van der Waals surface area contributed by atoms with E-state index in [1.54, 1.807) is 31.3 Å². The van der Waals surface area contributed by atoms with Crippen LogP contribution in [-0.4, -0.2) is 41.1 Å². The Labute approximate surface area is 179 Å². The summed E-state index contributed by atoms with van der Waals surface area (Å²) in [6.07, 6.45) is 0.177. The highest BCUT2D eigenvalue weighted by molar-refractivity contribution is 7.71. The van der Waals surface area contributed by atoms with Crippen molar-refractivity contribution in [1.82, 2.24) is 14.5 Å². The smallest absolute Gasteiger partial charge is 0.262 e. The molecule has 0 aliphatic carbocycles. The van der Waals surface area contributed by atoms with Gasteiger partial charge in [0.1, 0.15) is 0 Å². The first kappa shape index (κ1) is 21.6. The van der Waals surface area contributed by atoms with Crippen molar-refractivity contribution in [3.63, 3.8) is 0 Å². The Morgan fingerprint density at radius 3 is 2.57 bits per heavy atom. The van der Waals surface area contributed by atoms with Gasteiger partial charge in [-0.05, 0) is 49.0 Å². The van der Waals surface area contributed by atoms with Crippen molar-refractivity contribution >= 4 is 29.0 Å². The summed E-state index contributed by atoms with van der Waals surface area (Å²) >= 11 is 5.33. The fourth-order valence-corrected chi connectivity index (χ4v) is 3.63. The van der Waals surface area contributed by atoms with Gasteiger partial charge >= 0.3 is 0 Å². The van der Waals surface area contributed by atoms with Crippen LogP contribution in [0.3, 0.4) is 0 Å². The molecule has 0 saturated heterocycles. The standard InChI is InChI=1S/C22H25N3O4S/c1-4-24(14-15-9-10-18(28-2)19(13-15)29-3)20(26)11-12-25-21(27)16-7-5-6-8-17(16)23-22(25)30/h5-10,13H,4,11-12,14H2,1-3H3,(H,23,30). The maximum absolute atomic E-state index is 12.8. The fraction of sp³-hybridized carbons (Fsp3) is 0.318. The number of aromatic nitrogens is 2. The molecule has 3 aromatic rings. The zero-order valence-electron chi connectivity index (χ0n) is 17.3. The third kappa shape index (κ3) is 4.54. The lowest BCUT2D eigenvalue weighted by Crippen LogP contribution is -2.32. The molecule has 0 aliphatic rings. The number of hydrogen-bond donors (Lipinski definition) is 1. The van der Waals surface area contributed by atoms with Crippen molar-refractivity contribution in [2.24, 2.45) is 0 Å². The van der Waals surface area contributed by atoms with Crippen molar-refractivity contribution < 1.29 is 14.3 Å². The molecule has 0 spiro atoms. The molecule has 1 N–H and O–H groups in total. The quantitative estimate of drug-likeness (QED) is 0.557. The van der Waals surface area contributed by atoms with Gasteiger partial charge in [0.15, 0.2) is 16.3 Å². The lowest BCUT2D eigenvalue weighted by atomic mass is 10.1. The summed E-state index contributed by atoms with van der Waals surface area (Å²) in [6.45, 7) is 3.13. The Morgan fingerprint density at radius 2 is 1.87 bits per heavy atom. The number of hydrogen-bond acceptors (Lipinski definition) is 5. The molecule has 30 heavy (non-hydrogen) atoms. The molecule has 158 valence electrons. The zero-order valence-corrected chi connectivity index (χ0v) is 18.1. The van der Waals surface area contributed by atoms with Gasteiger partial charge in [0, 0.05) is 26.1 Å². The Hall–Kier alpha value is -3.13. The number of amides is 1. The number of nitrogens with zero attached hydrogens (tertiary/aromatic N) is 2. The summed E-state index contributed by atoms with van der Waals surface area (Å²) in [5.41, 5.74) is 1.44. The van der Waals surface area contributed by atoms with E-state index in [0.717, 1.165) is 5.56 Å². The van der Waals surface area contributed by atoms with Crippen molar-refractivity contribution in [2.45, 2.75) is 26.4 Å². The molecule has 0 radical (unpaired) electrons. The average molecular weight is 428 g/mol. The summed E-state index contributed by atoms with van der Waals surface area (Å²) in [4.78, 5) is 30.4. The van der Waals surface area contributed by atoms with E-state index >= 15 is 0 Å². The maximum atomic E-state index is 12.8. The Morgan fingerprint density at radius 1 is 1.13 bits per heavy atom. The van der Waals surface area contributed by atoms with Crippen LogP contribution in [0, 0.1) is 4.77 Å². The van der Waals surface area contributed by atoms with E-state index < -0.39 is 0 Å². The number of fused-ring (bicyclic) bond motifs is 1. The number of H-pyrrole nitrogens is 1. The molecule has 0 fully saturated rings. The minimum atomic E-state index is -0.190. The first-order chi connectivity index (χ1) is 14.5. The van der Waals surface area contributed by atoms with E-state index in [9.17, 15) is 9.59 Å². The molecule has 0 aliphatic heterocycles. The van der Waals surface area contributed by atoms with Crippen LogP contribution in [0.15, 0.2) is 47.3 Å². The molecule has 2 aromatic carbocycles. The minimum absolute atomic E-state index is 0.0539. The van der Waals surface area contributed by atoms with Gasteiger partial charge in [-0.2, -0.15) is 0 Å². The van der Waals surface area contributed by atoms with Gasteiger partial charge in [0.25, 0.3) is 5.56 Å². The highest BCUT2D eigenvalue weighted by Gasteiger charge is 2.15. The van der Waals surface area contributed by atoms with E-state index in [2.05, 4.69) is 4.98 Å². The van der Waals surface area contributed by atoms with Crippen LogP contribution >= 0.6 is 12.2 Å². The zero-order chi connectivity index (χ0) is 21.7. The highest BCUT2D eigenvalue weighted by atomic mass is 32.1. The summed E-state index contributed by atoms with van der Waals surface area (Å²) in [5, 5.41) is 0.552. The largest absolute Gasteiger partial charge is 0.493 e. The number of nitrogens with one attached hydrogen (secondary N) is 1. The molecule has 1 aromatic heterocycles. The lowest BCUT2D eigenvalue weighted by molar-refractivity contribution is -0.131. The van der Waals surface area contributed by atoms with Gasteiger partial charge in [-0.25, -0.2) is 0 Å². The maximum Gasteiger partial charge on any atom is 0.262 e. The average Bonchev–Trinajstić information content (AvgIpc) is 2.76. The molecule has 0 bridgehead atoms. The first-order valence-electron chi connectivity index (χ1n) is 9.69. The van der Waals surface area contributed by atoms with Gasteiger partial charge in [0.2, 0.25) is 5.91 Å². The lowest BCUT2D eigenvalue weighted by Gasteiger charge is -2.22. The van der Waals surface area contributed by atoms with Crippen LogP contribution in [0.4, 0.5) is 0 Å². The molecular weight excluding hydrogens is 402 g/mol. The Bertz CT molecular complexity index is 1170. The number of rotatable bonds is 8. The molecule has 8 heteroatoms. The van der Waals surface area contributed by atoms with Gasteiger partial charge < -0.3 is 19.4 Å². The second-order valence-corrected chi connectivity index (χ2v) is 7.17. The van der Waals surface area contributed by atoms with Gasteiger partial charge in [-0.15, -0.1) is 0 Å². The number of aromatic amines is 1. The van der Waals surface area contributed by atoms with Crippen molar-refractivity contribution in [1.29, 1.82) is 0 Å². The predicted molar refractivity (Wildman–Crippen MR) is 119 cm³/mol. The number of carbonyl (C=O) groups is 1. The highest BCUT2D eigenvalue weighted by Crippen LogP contribution is 2.28. The van der Waals surface area contributed by atoms with Crippen LogP contribution in [0.25, 0.3) is 10.9 Å². The minimum Gasteiger partial charge on any atom is -0.493 e. The molecule has 1 heterocycles. The molecule has 0 atom stereocenters. The van der Waals surface area contributed by atoms with E-state index in [-0.39, 0.29) is 24.4 Å². The Balaban J connectivity index is 1.74. The molecule has 1 amide bonds. The van der Waals surface area contributed by atoms with Gasteiger partial charge in [-0.3, -0.25) is 14.2 Å². The summed E-state index contributed by atoms with van der Waals surface area (Å²) in [7, 11) is 3.16. The van der Waals surface area contributed by atoms with E-state index in [4.69, 9.17) is 21.7 Å². The number of para-hydroxylation sites is 1. The van der Waals surface area contributed by atoms with E-state index in [0.29, 0.717) is 40.3 Å². The van der Waals surface area contributed by atoms with Crippen molar-refractivity contribution in [3.05, 3.63) is 63.2 Å². The third-order valence-corrected chi connectivity index (χ3v) is 5.32. The van der Waals surface area contributed by atoms with Crippen LogP contribution in [0.2, 0.25) is 0 Å². The molecular formula is C22H25N3O4S. The molecule has 3 rings (SSSR count). The molecule has 0 unspecified atom stereocenters. The summed E-state index contributed by atoms with van der Waals surface area (Å²) in [6, 6.07) is 12.8. The third-order valence-electron chi connectivity index (χ3n) is 4.99. The normalized spacial score (nSPS) is 10.8. The second-order valence-electron chi connectivity index (χ2n) is 6.78. The number of ether oxygens (including phenoxy) is 2. The first-order valence-corrected chi connectivity index (χ1v) is 10.1.